The first kappa shape index (κ1) is 13.3. The molecule has 90 valence electrons. The maximum Gasteiger partial charge on any atom is 0.411 e. The van der Waals surface area contributed by atoms with E-state index in [0.29, 0.717) is 17.3 Å². The molecule has 4 heteroatoms. The van der Waals surface area contributed by atoms with E-state index >= 15 is 0 Å². The van der Waals surface area contributed by atoms with Crippen LogP contribution in [0.15, 0.2) is 36.9 Å². The summed E-state index contributed by atoms with van der Waals surface area (Å²) >= 11 is 5.89. The van der Waals surface area contributed by atoms with E-state index < -0.39 is 6.09 Å². The summed E-state index contributed by atoms with van der Waals surface area (Å²) in [5.74, 6) is 0. The molecule has 0 radical (unpaired) electrons. The highest BCUT2D eigenvalue weighted by atomic mass is 35.5. The van der Waals surface area contributed by atoms with Gasteiger partial charge in [-0.3, -0.25) is 5.32 Å². The zero-order valence-electron chi connectivity index (χ0n) is 9.57. The number of allylic oxidation sites excluding steroid dienone is 2. The minimum atomic E-state index is -0.483. The molecule has 0 heterocycles. The smallest absolute Gasteiger partial charge is 0.411 e. The van der Waals surface area contributed by atoms with Crippen LogP contribution in [0.1, 0.15) is 12.5 Å². The van der Waals surface area contributed by atoms with Gasteiger partial charge in [-0.05, 0) is 30.7 Å². The van der Waals surface area contributed by atoms with E-state index in [2.05, 4.69) is 11.9 Å². The van der Waals surface area contributed by atoms with Crippen molar-refractivity contribution < 1.29 is 9.53 Å². The van der Waals surface area contributed by atoms with Crippen molar-refractivity contribution in [1.29, 1.82) is 0 Å². The molecule has 0 spiro atoms. The fourth-order valence-corrected chi connectivity index (χ4v) is 1.41. The molecule has 0 aromatic heterocycles. The molecule has 3 nitrogen and oxygen atoms in total. The second kappa shape index (κ2) is 6.76. The number of hydrogen-bond acceptors (Lipinski definition) is 2. The van der Waals surface area contributed by atoms with Crippen molar-refractivity contribution in [3.05, 3.63) is 47.5 Å². The van der Waals surface area contributed by atoms with Crippen molar-refractivity contribution in [2.24, 2.45) is 0 Å². The van der Waals surface area contributed by atoms with Gasteiger partial charge < -0.3 is 4.74 Å². The third-order valence-corrected chi connectivity index (χ3v) is 2.17. The zero-order chi connectivity index (χ0) is 12.7. The normalized spacial score (nSPS) is 10.2. The molecule has 0 aliphatic carbocycles. The first-order valence-corrected chi connectivity index (χ1v) is 5.57. The molecule has 17 heavy (non-hydrogen) atoms. The molecule has 0 saturated carbocycles. The van der Waals surface area contributed by atoms with Gasteiger partial charge in [-0.15, -0.1) is 0 Å². The standard InChI is InChI=1S/C13H14ClNO2/c1-3-5-6-10-9-11(14)7-8-12(10)15-13(16)17-4-2/h3,5-9H,1,4H2,2H3,(H,15,16)/b6-5-. The van der Waals surface area contributed by atoms with Gasteiger partial charge in [0, 0.05) is 5.02 Å². The number of rotatable bonds is 4. The van der Waals surface area contributed by atoms with E-state index in [1.165, 1.54) is 0 Å². The molecule has 0 unspecified atom stereocenters. The largest absolute Gasteiger partial charge is 0.450 e. The van der Waals surface area contributed by atoms with Gasteiger partial charge in [0.15, 0.2) is 0 Å². The van der Waals surface area contributed by atoms with Gasteiger partial charge in [-0.2, -0.15) is 0 Å². The minimum absolute atomic E-state index is 0.331. The number of nitrogens with one attached hydrogen (secondary N) is 1. The second-order valence-electron chi connectivity index (χ2n) is 3.17. The SMILES string of the molecule is C=C/C=C\c1cc(Cl)ccc1NC(=O)OCC. The van der Waals surface area contributed by atoms with E-state index in [1.807, 2.05) is 0 Å². The molecule has 1 aromatic rings. The summed E-state index contributed by atoms with van der Waals surface area (Å²) in [5.41, 5.74) is 1.44. The fraction of sp³-hybridized carbons (Fsp3) is 0.154. The molecule has 0 aliphatic heterocycles. The lowest BCUT2D eigenvalue weighted by Gasteiger charge is -2.08. The molecule has 1 rings (SSSR count). The van der Waals surface area contributed by atoms with Gasteiger partial charge >= 0.3 is 6.09 Å². The molecule has 0 saturated heterocycles. The van der Waals surface area contributed by atoms with E-state index in [0.717, 1.165) is 5.56 Å². The van der Waals surface area contributed by atoms with Crippen LogP contribution in [0, 0.1) is 0 Å². The van der Waals surface area contributed by atoms with Crippen molar-refractivity contribution in [1.82, 2.24) is 0 Å². The van der Waals surface area contributed by atoms with Crippen molar-refractivity contribution in [2.75, 3.05) is 11.9 Å². The van der Waals surface area contributed by atoms with Crippen LogP contribution in [0.5, 0.6) is 0 Å². The van der Waals surface area contributed by atoms with Gasteiger partial charge in [-0.25, -0.2) is 4.79 Å². The predicted octanol–water partition coefficient (Wildman–Crippen LogP) is 4.11. The quantitative estimate of drug-likeness (QED) is 0.818. The highest BCUT2D eigenvalue weighted by molar-refractivity contribution is 6.30. The van der Waals surface area contributed by atoms with Crippen LogP contribution in [0.2, 0.25) is 5.02 Å². The monoisotopic (exact) mass is 251 g/mol. The van der Waals surface area contributed by atoms with Gasteiger partial charge in [-0.1, -0.05) is 36.4 Å². The maximum absolute atomic E-state index is 11.3. The van der Waals surface area contributed by atoms with Crippen LogP contribution < -0.4 is 5.32 Å². The maximum atomic E-state index is 11.3. The summed E-state index contributed by atoms with van der Waals surface area (Å²) in [6.45, 7) is 5.67. The van der Waals surface area contributed by atoms with E-state index in [1.54, 1.807) is 43.4 Å². The predicted molar refractivity (Wildman–Crippen MR) is 71.3 cm³/mol. The molecule has 1 amide bonds. The highest BCUT2D eigenvalue weighted by Gasteiger charge is 2.05. The summed E-state index contributed by atoms with van der Waals surface area (Å²) in [5, 5.41) is 3.24. The van der Waals surface area contributed by atoms with Crippen molar-refractivity contribution >= 4 is 29.5 Å². The Hall–Kier alpha value is -1.74. The van der Waals surface area contributed by atoms with Crippen LogP contribution >= 0.6 is 11.6 Å². The van der Waals surface area contributed by atoms with Crippen LogP contribution in [0.3, 0.4) is 0 Å². The molecule has 1 N–H and O–H groups in total. The number of benzene rings is 1. The molecule has 1 aromatic carbocycles. The van der Waals surface area contributed by atoms with E-state index in [4.69, 9.17) is 16.3 Å². The molecule has 0 atom stereocenters. The highest BCUT2D eigenvalue weighted by Crippen LogP contribution is 2.22. The fourth-order valence-electron chi connectivity index (χ4n) is 1.23. The Morgan fingerprint density at radius 3 is 3.00 bits per heavy atom. The molecule has 0 fully saturated rings. The third kappa shape index (κ3) is 4.33. The average Bonchev–Trinajstić information content (AvgIpc) is 2.30. The first-order chi connectivity index (χ1) is 8.17. The summed E-state index contributed by atoms with van der Waals surface area (Å²) in [6.07, 6.45) is 4.74. The van der Waals surface area contributed by atoms with E-state index in [9.17, 15) is 4.79 Å². The van der Waals surface area contributed by atoms with Crippen LogP contribution in [-0.4, -0.2) is 12.7 Å². The topological polar surface area (TPSA) is 38.3 Å². The lowest BCUT2D eigenvalue weighted by atomic mass is 10.1. The Bertz CT molecular complexity index is 441. The van der Waals surface area contributed by atoms with Crippen molar-refractivity contribution in [3.8, 4) is 0 Å². The molecular weight excluding hydrogens is 238 g/mol. The van der Waals surface area contributed by atoms with Crippen LogP contribution in [0.25, 0.3) is 6.08 Å². The third-order valence-electron chi connectivity index (χ3n) is 1.94. The number of halogens is 1. The second-order valence-corrected chi connectivity index (χ2v) is 3.61. The molecular formula is C13H14ClNO2. The van der Waals surface area contributed by atoms with Gasteiger partial charge in [0.2, 0.25) is 0 Å². The minimum Gasteiger partial charge on any atom is -0.450 e. The van der Waals surface area contributed by atoms with Gasteiger partial charge in [0.25, 0.3) is 0 Å². The lowest BCUT2D eigenvalue weighted by Crippen LogP contribution is -2.13. The summed E-state index contributed by atoms with van der Waals surface area (Å²) in [6, 6.07) is 5.18. The van der Waals surface area contributed by atoms with E-state index in [-0.39, 0.29) is 0 Å². The van der Waals surface area contributed by atoms with Gasteiger partial charge in [0.1, 0.15) is 0 Å². The Morgan fingerprint density at radius 1 is 1.59 bits per heavy atom. The molecule has 0 aliphatic rings. The summed E-state index contributed by atoms with van der Waals surface area (Å²) in [7, 11) is 0. The van der Waals surface area contributed by atoms with Crippen molar-refractivity contribution in [3.63, 3.8) is 0 Å². The number of carbonyl (C=O) groups excluding carboxylic acids is 1. The van der Waals surface area contributed by atoms with Crippen LogP contribution in [-0.2, 0) is 4.74 Å². The zero-order valence-corrected chi connectivity index (χ0v) is 10.3. The number of amides is 1. The number of hydrogen-bond donors (Lipinski definition) is 1. The first-order valence-electron chi connectivity index (χ1n) is 5.19. The number of anilines is 1. The lowest BCUT2D eigenvalue weighted by molar-refractivity contribution is 0.168. The van der Waals surface area contributed by atoms with Crippen molar-refractivity contribution in [2.45, 2.75) is 6.92 Å². The summed E-state index contributed by atoms with van der Waals surface area (Å²) in [4.78, 5) is 11.3. The van der Waals surface area contributed by atoms with Crippen LogP contribution in [0.4, 0.5) is 10.5 Å². The van der Waals surface area contributed by atoms with Gasteiger partial charge in [0.05, 0.1) is 12.3 Å². The Balaban J connectivity index is 2.93. The number of carbonyl (C=O) groups is 1. The number of ether oxygens (including phenoxy) is 1. The average molecular weight is 252 g/mol. The Morgan fingerprint density at radius 2 is 2.35 bits per heavy atom. The Labute approximate surface area is 106 Å². The Kier molecular flexibility index (Phi) is 5.30. The molecule has 0 bridgehead atoms. The summed E-state index contributed by atoms with van der Waals surface area (Å²) < 4.78 is 4.81.